The molecule has 1 aromatic heterocycles. The molecule has 2 atom stereocenters. The summed E-state index contributed by atoms with van der Waals surface area (Å²) in [6, 6.07) is 7.92. The number of hydrogen-bond donors (Lipinski definition) is 1. The van der Waals surface area contributed by atoms with Gasteiger partial charge in [0.2, 0.25) is 0 Å². The molecule has 0 spiro atoms. The van der Waals surface area contributed by atoms with Crippen LogP contribution in [0.1, 0.15) is 24.8 Å². The lowest BCUT2D eigenvalue weighted by Crippen LogP contribution is -2.44. The third kappa shape index (κ3) is 2.62. The molecule has 2 heterocycles. The first-order chi connectivity index (χ1) is 9.58. The van der Waals surface area contributed by atoms with Crippen molar-refractivity contribution in [3.8, 4) is 0 Å². The van der Waals surface area contributed by atoms with Crippen molar-refractivity contribution in [3.63, 3.8) is 0 Å². The standard InChI is InChI=1S/C15H19NO2S2/c16-13(15-7-3-4-8-20(15,17)18)9-11-10-19-14-6-2-1-5-12(11)14/h1-2,5-6,10,13,15H,3-4,7-9,16H2. The molecule has 2 unspecified atom stereocenters. The molecule has 0 saturated carbocycles. The van der Waals surface area contributed by atoms with Crippen LogP contribution in [0.4, 0.5) is 0 Å². The highest BCUT2D eigenvalue weighted by Crippen LogP contribution is 2.29. The van der Waals surface area contributed by atoms with Gasteiger partial charge < -0.3 is 5.73 Å². The zero-order valence-electron chi connectivity index (χ0n) is 11.3. The maximum Gasteiger partial charge on any atom is 0.154 e. The second-order valence-corrected chi connectivity index (χ2v) is 8.78. The minimum absolute atomic E-state index is 0.293. The molecule has 1 saturated heterocycles. The zero-order chi connectivity index (χ0) is 14.2. The summed E-state index contributed by atoms with van der Waals surface area (Å²) in [5.41, 5.74) is 7.41. The molecular formula is C15H19NO2S2. The van der Waals surface area contributed by atoms with Crippen molar-refractivity contribution >= 4 is 31.3 Å². The van der Waals surface area contributed by atoms with E-state index in [0.717, 1.165) is 12.8 Å². The summed E-state index contributed by atoms with van der Waals surface area (Å²) in [4.78, 5) is 0. The molecule has 1 aromatic carbocycles. The Kier molecular flexibility index (Phi) is 3.84. The highest BCUT2D eigenvalue weighted by Gasteiger charge is 2.33. The minimum Gasteiger partial charge on any atom is -0.326 e. The van der Waals surface area contributed by atoms with Crippen LogP contribution in [-0.2, 0) is 16.3 Å². The fraction of sp³-hybridized carbons (Fsp3) is 0.467. The SMILES string of the molecule is NC(Cc1csc2ccccc12)C1CCCCS1(=O)=O. The lowest BCUT2D eigenvalue weighted by atomic mass is 10.00. The van der Waals surface area contributed by atoms with Crippen LogP contribution < -0.4 is 5.73 Å². The molecule has 2 aromatic rings. The molecule has 0 amide bonds. The second-order valence-electron chi connectivity index (χ2n) is 5.53. The van der Waals surface area contributed by atoms with Crippen molar-refractivity contribution in [1.29, 1.82) is 0 Å². The van der Waals surface area contributed by atoms with Crippen LogP contribution in [0.25, 0.3) is 10.1 Å². The summed E-state index contributed by atoms with van der Waals surface area (Å²) in [6.07, 6.45) is 3.12. The van der Waals surface area contributed by atoms with E-state index in [1.54, 1.807) is 11.3 Å². The van der Waals surface area contributed by atoms with Crippen LogP contribution in [0.3, 0.4) is 0 Å². The number of rotatable bonds is 3. The average molecular weight is 309 g/mol. The summed E-state index contributed by atoms with van der Waals surface area (Å²) >= 11 is 1.70. The van der Waals surface area contributed by atoms with Crippen molar-refractivity contribution in [2.75, 3.05) is 5.75 Å². The summed E-state index contributed by atoms with van der Waals surface area (Å²) in [6.45, 7) is 0. The molecule has 3 rings (SSSR count). The van der Waals surface area contributed by atoms with Gasteiger partial charge in [-0.2, -0.15) is 0 Å². The van der Waals surface area contributed by atoms with Crippen LogP contribution in [0.5, 0.6) is 0 Å². The maximum absolute atomic E-state index is 12.1. The van der Waals surface area contributed by atoms with Gasteiger partial charge in [0, 0.05) is 10.7 Å². The Hall–Kier alpha value is -0.910. The summed E-state index contributed by atoms with van der Waals surface area (Å²) in [5, 5.41) is 2.95. The predicted octanol–water partition coefficient (Wildman–Crippen LogP) is 2.74. The van der Waals surface area contributed by atoms with E-state index >= 15 is 0 Å². The molecule has 1 aliphatic heterocycles. The highest BCUT2D eigenvalue weighted by molar-refractivity contribution is 7.92. The van der Waals surface area contributed by atoms with E-state index in [-0.39, 0.29) is 11.3 Å². The molecule has 5 heteroatoms. The normalized spacial score (nSPS) is 23.8. The Balaban J connectivity index is 1.83. The van der Waals surface area contributed by atoms with E-state index in [1.807, 2.05) is 12.1 Å². The van der Waals surface area contributed by atoms with Gasteiger partial charge in [0.05, 0.1) is 11.0 Å². The van der Waals surface area contributed by atoms with E-state index in [0.29, 0.717) is 18.6 Å². The fourth-order valence-electron chi connectivity index (χ4n) is 3.04. The minimum atomic E-state index is -3.00. The smallest absolute Gasteiger partial charge is 0.154 e. The van der Waals surface area contributed by atoms with Gasteiger partial charge in [0.25, 0.3) is 0 Å². The van der Waals surface area contributed by atoms with Gasteiger partial charge in [-0.3, -0.25) is 0 Å². The van der Waals surface area contributed by atoms with Crippen LogP contribution in [0.15, 0.2) is 29.6 Å². The van der Waals surface area contributed by atoms with Crippen LogP contribution in [0, 0.1) is 0 Å². The Bertz CT molecular complexity index is 705. The third-order valence-corrected chi connectivity index (χ3v) is 7.50. The largest absolute Gasteiger partial charge is 0.326 e. The van der Waals surface area contributed by atoms with Crippen LogP contribution in [0.2, 0.25) is 0 Å². The monoisotopic (exact) mass is 309 g/mol. The van der Waals surface area contributed by atoms with Crippen molar-refractivity contribution < 1.29 is 8.42 Å². The topological polar surface area (TPSA) is 60.2 Å². The van der Waals surface area contributed by atoms with E-state index in [2.05, 4.69) is 17.5 Å². The fourth-order valence-corrected chi connectivity index (χ4v) is 6.08. The molecule has 1 aliphatic rings. The van der Waals surface area contributed by atoms with Gasteiger partial charge in [-0.1, -0.05) is 24.6 Å². The van der Waals surface area contributed by atoms with Gasteiger partial charge in [-0.05, 0) is 41.7 Å². The summed E-state index contributed by atoms with van der Waals surface area (Å²) in [7, 11) is -3.00. The summed E-state index contributed by atoms with van der Waals surface area (Å²) < 4.78 is 25.5. The Morgan fingerprint density at radius 2 is 2.10 bits per heavy atom. The van der Waals surface area contributed by atoms with Crippen LogP contribution in [-0.4, -0.2) is 25.5 Å². The van der Waals surface area contributed by atoms with E-state index in [9.17, 15) is 8.42 Å². The molecule has 20 heavy (non-hydrogen) atoms. The highest BCUT2D eigenvalue weighted by atomic mass is 32.2. The molecule has 3 nitrogen and oxygen atoms in total. The molecule has 2 N–H and O–H groups in total. The van der Waals surface area contributed by atoms with E-state index < -0.39 is 9.84 Å². The number of nitrogens with two attached hydrogens (primary N) is 1. The maximum atomic E-state index is 12.1. The van der Waals surface area contributed by atoms with Gasteiger partial charge in [-0.25, -0.2) is 8.42 Å². The van der Waals surface area contributed by atoms with Crippen molar-refractivity contribution in [2.45, 2.75) is 37.0 Å². The first-order valence-corrected chi connectivity index (χ1v) is 9.60. The number of hydrogen-bond acceptors (Lipinski definition) is 4. The summed E-state index contributed by atoms with van der Waals surface area (Å²) in [5.74, 6) is 0.301. The first-order valence-electron chi connectivity index (χ1n) is 7.00. The zero-order valence-corrected chi connectivity index (χ0v) is 12.9. The average Bonchev–Trinajstić information content (AvgIpc) is 2.81. The Morgan fingerprint density at radius 3 is 2.90 bits per heavy atom. The van der Waals surface area contributed by atoms with Crippen molar-refractivity contribution in [3.05, 3.63) is 35.2 Å². The molecular weight excluding hydrogens is 290 g/mol. The van der Waals surface area contributed by atoms with Crippen molar-refractivity contribution in [2.24, 2.45) is 5.73 Å². The lowest BCUT2D eigenvalue weighted by Gasteiger charge is -2.27. The number of sulfone groups is 1. The second kappa shape index (κ2) is 5.47. The van der Waals surface area contributed by atoms with Crippen LogP contribution >= 0.6 is 11.3 Å². The molecule has 108 valence electrons. The van der Waals surface area contributed by atoms with Gasteiger partial charge >= 0.3 is 0 Å². The number of fused-ring (bicyclic) bond motifs is 1. The number of thiophene rings is 1. The quantitative estimate of drug-likeness (QED) is 0.948. The number of benzene rings is 1. The molecule has 1 fully saturated rings. The van der Waals surface area contributed by atoms with Gasteiger partial charge in [0.15, 0.2) is 9.84 Å². The molecule has 0 radical (unpaired) electrons. The Morgan fingerprint density at radius 1 is 1.30 bits per heavy atom. The lowest BCUT2D eigenvalue weighted by molar-refractivity contribution is 0.496. The van der Waals surface area contributed by atoms with Gasteiger partial charge in [-0.15, -0.1) is 11.3 Å². The van der Waals surface area contributed by atoms with E-state index in [1.165, 1.54) is 15.6 Å². The van der Waals surface area contributed by atoms with Crippen molar-refractivity contribution in [1.82, 2.24) is 0 Å². The Labute approximate surface area is 123 Å². The predicted molar refractivity (Wildman–Crippen MR) is 84.9 cm³/mol. The van der Waals surface area contributed by atoms with E-state index in [4.69, 9.17) is 5.73 Å². The molecule has 0 bridgehead atoms. The molecule has 0 aliphatic carbocycles. The third-order valence-electron chi connectivity index (χ3n) is 4.12. The van der Waals surface area contributed by atoms with Gasteiger partial charge in [0.1, 0.15) is 0 Å². The first kappa shape index (κ1) is 14.0.